The molecule has 0 aliphatic carbocycles. The molecule has 28 heavy (non-hydrogen) atoms. The van der Waals surface area contributed by atoms with Crippen LogP contribution in [-0.2, 0) is 16.0 Å². The summed E-state index contributed by atoms with van der Waals surface area (Å²) in [7, 11) is 0. The number of anilines is 1. The highest BCUT2D eigenvalue weighted by atomic mass is 35.5. The molecule has 4 rings (SSSR count). The minimum absolute atomic E-state index is 0.0437. The molecule has 2 heterocycles. The number of fused-ring (bicyclic) bond motifs is 1. The molecule has 0 saturated carbocycles. The lowest BCUT2D eigenvalue weighted by atomic mass is 10.1. The number of halogens is 1. The zero-order chi connectivity index (χ0) is 19.7. The summed E-state index contributed by atoms with van der Waals surface area (Å²) >= 11 is 7.79. The Morgan fingerprint density at radius 1 is 1.25 bits per heavy atom. The standard InChI is InChI=1S/C22H23ClN2O2S/c1-14-5-7-16(8-6-14)12-20(26)25(13-17-4-3-11-27-17)22-24-21-15(2)18(23)9-10-19(21)28-22/h5-10,17H,3-4,11-13H2,1-2H3. The van der Waals surface area contributed by atoms with Crippen molar-refractivity contribution in [3.05, 3.63) is 58.1 Å². The highest BCUT2D eigenvalue weighted by Gasteiger charge is 2.26. The van der Waals surface area contributed by atoms with Crippen molar-refractivity contribution < 1.29 is 9.53 Å². The van der Waals surface area contributed by atoms with E-state index in [1.807, 2.05) is 50.2 Å². The first kappa shape index (κ1) is 19.4. The normalized spacial score (nSPS) is 16.6. The second-order valence-corrected chi connectivity index (χ2v) is 8.73. The van der Waals surface area contributed by atoms with Crippen molar-refractivity contribution in [3.63, 3.8) is 0 Å². The minimum Gasteiger partial charge on any atom is -0.376 e. The largest absolute Gasteiger partial charge is 0.376 e. The van der Waals surface area contributed by atoms with Crippen LogP contribution in [0.2, 0.25) is 5.02 Å². The van der Waals surface area contributed by atoms with E-state index in [-0.39, 0.29) is 12.0 Å². The van der Waals surface area contributed by atoms with Gasteiger partial charge in [-0.25, -0.2) is 4.98 Å². The monoisotopic (exact) mass is 414 g/mol. The molecule has 0 radical (unpaired) electrons. The Labute approximate surface area is 174 Å². The maximum absolute atomic E-state index is 13.2. The van der Waals surface area contributed by atoms with Crippen LogP contribution in [0.5, 0.6) is 0 Å². The van der Waals surface area contributed by atoms with Crippen molar-refractivity contribution in [2.45, 2.75) is 39.2 Å². The van der Waals surface area contributed by atoms with Gasteiger partial charge in [0.05, 0.1) is 29.3 Å². The lowest BCUT2D eigenvalue weighted by Gasteiger charge is -2.23. The van der Waals surface area contributed by atoms with Gasteiger partial charge in [0.1, 0.15) is 0 Å². The molecule has 3 aromatic rings. The fraction of sp³-hybridized carbons (Fsp3) is 0.364. The van der Waals surface area contributed by atoms with Gasteiger partial charge in [-0.3, -0.25) is 9.69 Å². The van der Waals surface area contributed by atoms with Gasteiger partial charge in [0.2, 0.25) is 5.91 Å². The van der Waals surface area contributed by atoms with Crippen LogP contribution in [0.1, 0.15) is 29.5 Å². The molecule has 1 fully saturated rings. The average Bonchev–Trinajstić information content (AvgIpc) is 3.34. The number of hydrogen-bond donors (Lipinski definition) is 0. The molecule has 146 valence electrons. The Hall–Kier alpha value is -1.95. The van der Waals surface area contributed by atoms with Crippen molar-refractivity contribution in [2.75, 3.05) is 18.1 Å². The van der Waals surface area contributed by atoms with E-state index in [1.54, 1.807) is 4.90 Å². The predicted molar refractivity (Wildman–Crippen MR) is 116 cm³/mol. The average molecular weight is 415 g/mol. The van der Waals surface area contributed by atoms with Crippen molar-refractivity contribution in [1.82, 2.24) is 4.98 Å². The summed E-state index contributed by atoms with van der Waals surface area (Å²) in [6.07, 6.45) is 2.44. The molecule has 1 unspecified atom stereocenters. The molecule has 1 saturated heterocycles. The van der Waals surface area contributed by atoms with Crippen molar-refractivity contribution in [1.29, 1.82) is 0 Å². The van der Waals surface area contributed by atoms with Crippen molar-refractivity contribution in [3.8, 4) is 0 Å². The topological polar surface area (TPSA) is 42.4 Å². The van der Waals surface area contributed by atoms with Crippen LogP contribution in [0.4, 0.5) is 5.13 Å². The van der Waals surface area contributed by atoms with Gasteiger partial charge in [0.25, 0.3) is 0 Å². The molecule has 1 aliphatic rings. The molecule has 6 heteroatoms. The first-order valence-corrected chi connectivity index (χ1v) is 10.7. The molecule has 1 aliphatic heterocycles. The SMILES string of the molecule is Cc1ccc(CC(=O)N(CC2CCCO2)c2nc3c(C)c(Cl)ccc3s2)cc1. The fourth-order valence-electron chi connectivity index (χ4n) is 3.46. The van der Waals surface area contributed by atoms with Crippen LogP contribution in [0.25, 0.3) is 10.2 Å². The van der Waals surface area contributed by atoms with Crippen molar-refractivity contribution in [2.24, 2.45) is 0 Å². The lowest BCUT2D eigenvalue weighted by molar-refractivity contribution is -0.118. The van der Waals surface area contributed by atoms with E-state index >= 15 is 0 Å². The van der Waals surface area contributed by atoms with Gasteiger partial charge in [-0.05, 0) is 49.9 Å². The molecule has 4 nitrogen and oxygen atoms in total. The lowest BCUT2D eigenvalue weighted by Crippen LogP contribution is -2.38. The molecule has 1 atom stereocenters. The van der Waals surface area contributed by atoms with Gasteiger partial charge < -0.3 is 4.74 Å². The van der Waals surface area contributed by atoms with Crippen LogP contribution in [0.3, 0.4) is 0 Å². The van der Waals surface area contributed by atoms with Gasteiger partial charge in [-0.15, -0.1) is 0 Å². The molecule has 0 bridgehead atoms. The van der Waals surface area contributed by atoms with E-state index in [9.17, 15) is 4.79 Å². The number of rotatable bonds is 5. The Bertz CT molecular complexity index is 994. The summed E-state index contributed by atoms with van der Waals surface area (Å²) in [6, 6.07) is 12.0. The third-order valence-corrected chi connectivity index (χ3v) is 6.61. The molecule has 0 spiro atoms. The van der Waals surface area contributed by atoms with Crippen LogP contribution in [0.15, 0.2) is 36.4 Å². The van der Waals surface area contributed by atoms with Crippen LogP contribution < -0.4 is 4.90 Å². The molecule has 1 amide bonds. The van der Waals surface area contributed by atoms with E-state index < -0.39 is 0 Å². The Kier molecular flexibility index (Phi) is 5.67. The summed E-state index contributed by atoms with van der Waals surface area (Å²) < 4.78 is 6.84. The van der Waals surface area contributed by atoms with Crippen LogP contribution in [-0.4, -0.2) is 30.1 Å². The van der Waals surface area contributed by atoms with Gasteiger partial charge >= 0.3 is 0 Å². The number of amides is 1. The van der Waals surface area contributed by atoms with Gasteiger partial charge in [0.15, 0.2) is 5.13 Å². The number of benzene rings is 2. The molecule has 1 aromatic heterocycles. The van der Waals surface area contributed by atoms with Crippen LogP contribution >= 0.6 is 22.9 Å². The highest BCUT2D eigenvalue weighted by Crippen LogP contribution is 2.34. The van der Waals surface area contributed by atoms with Gasteiger partial charge in [0, 0.05) is 11.6 Å². The highest BCUT2D eigenvalue weighted by molar-refractivity contribution is 7.22. The number of nitrogens with zero attached hydrogens (tertiary/aromatic N) is 2. The Morgan fingerprint density at radius 2 is 2.04 bits per heavy atom. The van der Waals surface area contributed by atoms with E-state index in [1.165, 1.54) is 16.9 Å². The summed E-state index contributed by atoms with van der Waals surface area (Å²) in [6.45, 7) is 5.31. The number of aryl methyl sites for hydroxylation is 2. The van der Waals surface area contributed by atoms with E-state index in [4.69, 9.17) is 21.3 Å². The molecule has 0 N–H and O–H groups in total. The van der Waals surface area contributed by atoms with E-state index in [2.05, 4.69) is 0 Å². The predicted octanol–water partition coefficient (Wildman–Crippen LogP) is 5.32. The Balaban J connectivity index is 1.65. The Morgan fingerprint density at radius 3 is 2.75 bits per heavy atom. The summed E-state index contributed by atoms with van der Waals surface area (Å²) in [5.41, 5.74) is 4.01. The zero-order valence-corrected chi connectivity index (χ0v) is 17.6. The second kappa shape index (κ2) is 8.19. The van der Waals surface area contributed by atoms with Crippen molar-refractivity contribution >= 4 is 44.2 Å². The van der Waals surface area contributed by atoms with E-state index in [0.29, 0.717) is 23.1 Å². The maximum Gasteiger partial charge on any atom is 0.233 e. The second-order valence-electron chi connectivity index (χ2n) is 7.32. The number of carbonyl (C=O) groups excluding carboxylic acids is 1. The molecule has 2 aromatic carbocycles. The van der Waals surface area contributed by atoms with Crippen LogP contribution in [0, 0.1) is 13.8 Å². The quantitative estimate of drug-likeness (QED) is 0.567. The summed E-state index contributed by atoms with van der Waals surface area (Å²) in [5.74, 6) is 0.0437. The number of aromatic nitrogens is 1. The molecular formula is C22H23ClN2O2S. The minimum atomic E-state index is 0.0437. The number of carbonyl (C=O) groups is 1. The smallest absolute Gasteiger partial charge is 0.233 e. The number of hydrogen-bond acceptors (Lipinski definition) is 4. The summed E-state index contributed by atoms with van der Waals surface area (Å²) in [5, 5.41) is 1.41. The third-order valence-electron chi connectivity index (χ3n) is 5.15. The molecular weight excluding hydrogens is 392 g/mol. The summed E-state index contributed by atoms with van der Waals surface area (Å²) in [4.78, 5) is 19.8. The van der Waals surface area contributed by atoms with Gasteiger partial charge in [-0.1, -0.05) is 52.8 Å². The zero-order valence-electron chi connectivity index (χ0n) is 16.1. The first-order chi connectivity index (χ1) is 13.5. The number of thiazole rings is 1. The number of ether oxygens (including phenoxy) is 1. The van der Waals surface area contributed by atoms with Gasteiger partial charge in [-0.2, -0.15) is 0 Å². The first-order valence-electron chi connectivity index (χ1n) is 9.54. The van der Waals surface area contributed by atoms with E-state index in [0.717, 1.165) is 40.8 Å². The third kappa shape index (κ3) is 4.07. The maximum atomic E-state index is 13.2. The fourth-order valence-corrected chi connectivity index (χ4v) is 4.66.